The van der Waals surface area contributed by atoms with Crippen LogP contribution in [0.15, 0.2) is 52.9 Å². The van der Waals surface area contributed by atoms with Crippen LogP contribution in [0.4, 0.5) is 0 Å². The molecule has 0 atom stereocenters. The number of aryl methyl sites for hydroxylation is 1. The Hall–Kier alpha value is -2.60. The fourth-order valence-electron chi connectivity index (χ4n) is 3.41. The summed E-state index contributed by atoms with van der Waals surface area (Å²) in [6, 6.07) is 9.23. The number of fused-ring (bicyclic) bond motifs is 1. The summed E-state index contributed by atoms with van der Waals surface area (Å²) < 4.78 is 3.76. The van der Waals surface area contributed by atoms with Gasteiger partial charge in [-0.2, -0.15) is 0 Å². The Bertz CT molecular complexity index is 1100. The van der Waals surface area contributed by atoms with Crippen LogP contribution in [0.2, 0.25) is 0 Å². The van der Waals surface area contributed by atoms with Crippen molar-refractivity contribution in [3.8, 4) is 0 Å². The largest absolute Gasteiger partial charge is 0.348 e. The molecule has 146 valence electrons. The van der Waals surface area contributed by atoms with Crippen molar-refractivity contribution in [2.75, 3.05) is 5.75 Å². The van der Waals surface area contributed by atoms with Gasteiger partial charge in [0.05, 0.1) is 16.7 Å². The SMILES string of the molecule is C=CCn1c(SCC(=O)c2cc(C)n(CCC)c2C)nc2ccccc2c1=O. The summed E-state index contributed by atoms with van der Waals surface area (Å²) in [5.41, 5.74) is 3.38. The number of Topliss-reactive ketones (excluding diaryl/α,β-unsaturated/α-hetero) is 1. The monoisotopic (exact) mass is 395 g/mol. The molecule has 6 heteroatoms. The molecule has 0 aliphatic carbocycles. The summed E-state index contributed by atoms with van der Waals surface area (Å²) in [6.45, 7) is 11.1. The molecule has 0 N–H and O–H groups in total. The molecule has 28 heavy (non-hydrogen) atoms. The van der Waals surface area contributed by atoms with Gasteiger partial charge >= 0.3 is 0 Å². The Morgan fingerprint density at radius 3 is 2.71 bits per heavy atom. The van der Waals surface area contributed by atoms with Gasteiger partial charge in [-0.25, -0.2) is 4.98 Å². The zero-order valence-electron chi connectivity index (χ0n) is 16.6. The molecule has 3 aromatic rings. The number of allylic oxidation sites excluding steroid dienone is 1. The fraction of sp³-hybridized carbons (Fsp3) is 0.318. The van der Waals surface area contributed by atoms with Crippen molar-refractivity contribution < 1.29 is 4.79 Å². The minimum Gasteiger partial charge on any atom is -0.348 e. The lowest BCUT2D eigenvalue weighted by atomic mass is 10.2. The van der Waals surface area contributed by atoms with E-state index in [1.54, 1.807) is 16.7 Å². The van der Waals surface area contributed by atoms with Crippen molar-refractivity contribution in [2.24, 2.45) is 0 Å². The first kappa shape index (κ1) is 20.1. The maximum absolute atomic E-state index is 12.9. The second-order valence-electron chi connectivity index (χ2n) is 6.76. The smallest absolute Gasteiger partial charge is 0.262 e. The molecule has 0 aliphatic heterocycles. The molecule has 0 saturated heterocycles. The van der Waals surface area contributed by atoms with Gasteiger partial charge in [0.1, 0.15) is 0 Å². The average molecular weight is 396 g/mol. The topological polar surface area (TPSA) is 56.9 Å². The number of thioether (sulfide) groups is 1. The van der Waals surface area contributed by atoms with Crippen LogP contribution in [-0.2, 0) is 13.1 Å². The van der Waals surface area contributed by atoms with E-state index >= 15 is 0 Å². The number of hydrogen-bond acceptors (Lipinski definition) is 4. The average Bonchev–Trinajstić information content (AvgIpc) is 2.97. The summed E-state index contributed by atoms with van der Waals surface area (Å²) in [5.74, 6) is 0.284. The highest BCUT2D eigenvalue weighted by Gasteiger charge is 2.17. The van der Waals surface area contributed by atoms with E-state index in [-0.39, 0.29) is 17.1 Å². The Balaban J connectivity index is 1.90. The molecule has 5 nitrogen and oxygen atoms in total. The predicted molar refractivity (Wildman–Crippen MR) is 115 cm³/mol. The standard InChI is InChI=1S/C22H25N3O2S/c1-5-11-24-15(3)13-18(16(24)4)20(26)14-28-22-23-19-10-8-7-9-17(19)21(27)25(22)12-6-2/h6-10,13H,2,5,11-12,14H2,1,3-4H3. The highest BCUT2D eigenvalue weighted by Crippen LogP contribution is 2.22. The number of hydrogen-bond donors (Lipinski definition) is 0. The van der Waals surface area contributed by atoms with Crippen LogP contribution >= 0.6 is 11.8 Å². The Labute approximate surface area is 169 Å². The molecule has 0 unspecified atom stereocenters. The highest BCUT2D eigenvalue weighted by molar-refractivity contribution is 7.99. The van der Waals surface area contributed by atoms with E-state index < -0.39 is 0 Å². The Kier molecular flexibility index (Phi) is 6.19. The van der Waals surface area contributed by atoms with E-state index in [0.29, 0.717) is 22.6 Å². The van der Waals surface area contributed by atoms with Gasteiger partial charge in [0.15, 0.2) is 10.9 Å². The van der Waals surface area contributed by atoms with Crippen molar-refractivity contribution in [3.05, 3.63) is 70.3 Å². The number of benzene rings is 1. The molecule has 0 spiro atoms. The molecule has 0 aliphatic rings. The third-order valence-corrected chi connectivity index (χ3v) is 5.77. The first-order valence-corrected chi connectivity index (χ1v) is 10.4. The second-order valence-corrected chi connectivity index (χ2v) is 7.71. The minimum atomic E-state index is -0.110. The number of carbonyl (C=O) groups is 1. The van der Waals surface area contributed by atoms with E-state index in [0.717, 1.165) is 29.9 Å². The number of rotatable bonds is 8. The van der Waals surface area contributed by atoms with E-state index in [2.05, 4.69) is 23.1 Å². The molecular formula is C22H25N3O2S. The normalized spacial score (nSPS) is 11.1. The summed E-state index contributed by atoms with van der Waals surface area (Å²) in [7, 11) is 0. The summed E-state index contributed by atoms with van der Waals surface area (Å²) >= 11 is 1.30. The number of carbonyl (C=O) groups excluding carboxylic acids is 1. The number of nitrogens with zero attached hydrogens (tertiary/aromatic N) is 3. The van der Waals surface area contributed by atoms with Crippen LogP contribution in [0.1, 0.15) is 35.1 Å². The first-order valence-electron chi connectivity index (χ1n) is 9.41. The van der Waals surface area contributed by atoms with Crippen LogP contribution < -0.4 is 5.56 Å². The van der Waals surface area contributed by atoms with Gasteiger partial charge < -0.3 is 4.57 Å². The third-order valence-electron chi connectivity index (χ3n) is 4.79. The van der Waals surface area contributed by atoms with Gasteiger partial charge in [-0.15, -0.1) is 6.58 Å². The Morgan fingerprint density at radius 1 is 1.25 bits per heavy atom. The molecular weight excluding hydrogens is 370 g/mol. The second kappa shape index (κ2) is 8.61. The maximum Gasteiger partial charge on any atom is 0.262 e. The summed E-state index contributed by atoms with van der Waals surface area (Å²) in [4.78, 5) is 30.3. The van der Waals surface area contributed by atoms with E-state index in [1.165, 1.54) is 11.8 Å². The van der Waals surface area contributed by atoms with Gasteiger partial charge in [0, 0.05) is 30.0 Å². The molecule has 3 rings (SSSR count). The molecule has 2 heterocycles. The molecule has 0 bridgehead atoms. The van der Waals surface area contributed by atoms with Crippen molar-refractivity contribution in [1.29, 1.82) is 0 Å². The quantitative estimate of drug-likeness (QED) is 0.246. The summed E-state index contributed by atoms with van der Waals surface area (Å²) in [6.07, 6.45) is 2.69. The Morgan fingerprint density at radius 2 is 2.00 bits per heavy atom. The highest BCUT2D eigenvalue weighted by atomic mass is 32.2. The number of ketones is 1. The zero-order chi connectivity index (χ0) is 20.3. The minimum absolute atomic E-state index is 0.0491. The van der Waals surface area contributed by atoms with Crippen LogP contribution in [0.3, 0.4) is 0 Å². The molecule has 0 amide bonds. The van der Waals surface area contributed by atoms with Crippen molar-refractivity contribution >= 4 is 28.4 Å². The predicted octanol–water partition coefficient (Wildman–Crippen LogP) is 4.39. The van der Waals surface area contributed by atoms with Crippen LogP contribution in [0, 0.1) is 13.8 Å². The van der Waals surface area contributed by atoms with Gasteiger partial charge in [-0.05, 0) is 38.5 Å². The molecule has 0 saturated carbocycles. The number of para-hydroxylation sites is 1. The maximum atomic E-state index is 12.9. The van der Waals surface area contributed by atoms with E-state index in [9.17, 15) is 9.59 Å². The zero-order valence-corrected chi connectivity index (χ0v) is 17.4. The van der Waals surface area contributed by atoms with E-state index in [4.69, 9.17) is 0 Å². The van der Waals surface area contributed by atoms with Gasteiger partial charge in [0.2, 0.25) is 0 Å². The molecule has 0 fully saturated rings. The third kappa shape index (κ3) is 3.83. The van der Waals surface area contributed by atoms with Crippen molar-refractivity contribution in [3.63, 3.8) is 0 Å². The van der Waals surface area contributed by atoms with E-state index in [1.807, 2.05) is 38.1 Å². The van der Waals surface area contributed by atoms with Gasteiger partial charge in [-0.1, -0.05) is 36.9 Å². The molecule has 1 aromatic carbocycles. The molecule has 0 radical (unpaired) electrons. The number of aromatic nitrogens is 3. The first-order chi connectivity index (χ1) is 13.5. The van der Waals surface area contributed by atoms with Crippen molar-refractivity contribution in [1.82, 2.24) is 14.1 Å². The molecule has 2 aromatic heterocycles. The fourth-order valence-corrected chi connectivity index (χ4v) is 4.30. The van der Waals surface area contributed by atoms with Crippen LogP contribution in [0.25, 0.3) is 10.9 Å². The lowest BCUT2D eigenvalue weighted by Gasteiger charge is -2.11. The van der Waals surface area contributed by atoms with Crippen LogP contribution in [-0.4, -0.2) is 25.7 Å². The lowest BCUT2D eigenvalue weighted by Crippen LogP contribution is -2.23. The van der Waals surface area contributed by atoms with Crippen LogP contribution in [0.5, 0.6) is 0 Å². The van der Waals surface area contributed by atoms with Gasteiger partial charge in [0.25, 0.3) is 5.56 Å². The summed E-state index contributed by atoms with van der Waals surface area (Å²) in [5, 5.41) is 1.11. The van der Waals surface area contributed by atoms with Gasteiger partial charge in [-0.3, -0.25) is 14.2 Å². The van der Waals surface area contributed by atoms with Crippen molar-refractivity contribution in [2.45, 2.75) is 45.4 Å². The lowest BCUT2D eigenvalue weighted by molar-refractivity contribution is 0.102.